The zero-order valence-electron chi connectivity index (χ0n) is 7.65. The van der Waals surface area contributed by atoms with E-state index in [1.165, 1.54) is 17.7 Å². The van der Waals surface area contributed by atoms with E-state index in [0.29, 0.717) is 12.1 Å². The average molecular weight is 184 g/mol. The van der Waals surface area contributed by atoms with Gasteiger partial charge in [-0.2, -0.15) is 0 Å². The highest BCUT2D eigenvalue weighted by Crippen LogP contribution is 1.90. The Labute approximate surface area is 74.9 Å². The fourth-order valence-electron chi connectivity index (χ4n) is 1.13. The van der Waals surface area contributed by atoms with E-state index in [1.807, 2.05) is 0 Å². The van der Waals surface area contributed by atoms with Crippen molar-refractivity contribution in [3.63, 3.8) is 0 Å². The normalized spacial score (nSPS) is 10.4. The summed E-state index contributed by atoms with van der Waals surface area (Å²) in [7, 11) is 3.00. The van der Waals surface area contributed by atoms with Gasteiger partial charge in [0.15, 0.2) is 0 Å². The maximum absolute atomic E-state index is 11.3. The fraction of sp³-hybridized carbons (Fsp3) is 0.500. The molecule has 0 aliphatic heterocycles. The molecule has 0 aliphatic carbocycles. The largest absolute Gasteiger partial charge is 0.396 e. The molecule has 0 saturated heterocycles. The third kappa shape index (κ3) is 1.70. The zero-order valence-corrected chi connectivity index (χ0v) is 7.65. The number of aromatic nitrogens is 2. The molecule has 0 aliphatic rings. The Morgan fingerprint density at radius 2 is 1.92 bits per heavy atom. The van der Waals surface area contributed by atoms with Gasteiger partial charge in [-0.15, -0.1) is 0 Å². The highest BCUT2D eigenvalue weighted by molar-refractivity contribution is 5.02. The van der Waals surface area contributed by atoms with Crippen LogP contribution in [-0.2, 0) is 20.5 Å². The molecule has 1 heterocycles. The van der Waals surface area contributed by atoms with E-state index in [4.69, 9.17) is 5.11 Å². The molecule has 0 unspecified atom stereocenters. The van der Waals surface area contributed by atoms with Gasteiger partial charge in [-0.1, -0.05) is 0 Å². The lowest BCUT2D eigenvalue weighted by atomic mass is 10.3. The smallest absolute Gasteiger partial charge is 0.330 e. The Morgan fingerprint density at radius 1 is 1.31 bits per heavy atom. The molecule has 1 aromatic rings. The van der Waals surface area contributed by atoms with E-state index in [-0.39, 0.29) is 17.9 Å². The molecule has 0 amide bonds. The summed E-state index contributed by atoms with van der Waals surface area (Å²) in [6.07, 6.45) is 0.321. The van der Waals surface area contributed by atoms with Crippen LogP contribution in [0.15, 0.2) is 15.7 Å². The van der Waals surface area contributed by atoms with Crippen molar-refractivity contribution in [1.29, 1.82) is 0 Å². The van der Waals surface area contributed by atoms with Crippen LogP contribution in [0.2, 0.25) is 0 Å². The lowest BCUT2D eigenvalue weighted by Crippen LogP contribution is -2.38. The highest BCUT2D eigenvalue weighted by atomic mass is 16.3. The molecular formula is C8H12N2O3. The quantitative estimate of drug-likeness (QED) is 0.616. The van der Waals surface area contributed by atoms with Gasteiger partial charge in [0.05, 0.1) is 0 Å². The Morgan fingerprint density at radius 3 is 2.46 bits per heavy atom. The van der Waals surface area contributed by atoms with Crippen LogP contribution in [0.4, 0.5) is 0 Å². The second-order valence-electron chi connectivity index (χ2n) is 2.85. The Hall–Kier alpha value is -1.36. The van der Waals surface area contributed by atoms with E-state index in [1.54, 1.807) is 7.05 Å². The second-order valence-corrected chi connectivity index (χ2v) is 2.85. The van der Waals surface area contributed by atoms with Gasteiger partial charge in [0.2, 0.25) is 0 Å². The van der Waals surface area contributed by atoms with Gasteiger partial charge in [-0.05, 0) is 0 Å². The first kappa shape index (κ1) is 9.73. The summed E-state index contributed by atoms with van der Waals surface area (Å²) in [6.45, 7) is -0.0690. The van der Waals surface area contributed by atoms with Gasteiger partial charge in [0.1, 0.15) is 0 Å². The van der Waals surface area contributed by atoms with Crippen LogP contribution in [0.5, 0.6) is 0 Å². The number of aliphatic hydroxyl groups excluding tert-OH is 1. The van der Waals surface area contributed by atoms with Gasteiger partial charge in [0, 0.05) is 38.9 Å². The molecular weight excluding hydrogens is 172 g/mol. The predicted octanol–water partition coefficient (Wildman–Crippen LogP) is -1.38. The summed E-state index contributed by atoms with van der Waals surface area (Å²) in [6, 6.07) is 1.36. The number of hydrogen-bond donors (Lipinski definition) is 1. The van der Waals surface area contributed by atoms with Crippen molar-refractivity contribution in [3.05, 3.63) is 32.6 Å². The second kappa shape index (κ2) is 3.57. The van der Waals surface area contributed by atoms with Crippen molar-refractivity contribution in [2.24, 2.45) is 14.1 Å². The molecule has 0 bridgehead atoms. The van der Waals surface area contributed by atoms with Crippen LogP contribution < -0.4 is 11.2 Å². The molecule has 0 aromatic carbocycles. The van der Waals surface area contributed by atoms with Crippen LogP contribution in [0.25, 0.3) is 0 Å². The lowest BCUT2D eigenvalue weighted by Gasteiger charge is -2.07. The van der Waals surface area contributed by atoms with Crippen LogP contribution in [0.1, 0.15) is 5.69 Å². The minimum absolute atomic E-state index is 0.0690. The summed E-state index contributed by atoms with van der Waals surface area (Å²) >= 11 is 0. The minimum Gasteiger partial charge on any atom is -0.396 e. The molecule has 1 rings (SSSR count). The predicted molar refractivity (Wildman–Crippen MR) is 47.7 cm³/mol. The number of aliphatic hydroxyl groups is 1. The number of rotatable bonds is 2. The molecule has 0 radical (unpaired) electrons. The molecule has 5 nitrogen and oxygen atoms in total. The molecule has 0 saturated carbocycles. The molecule has 72 valence electrons. The highest BCUT2D eigenvalue weighted by Gasteiger charge is 2.04. The first-order valence-corrected chi connectivity index (χ1v) is 3.94. The van der Waals surface area contributed by atoms with Crippen LogP contribution in [0, 0.1) is 0 Å². The van der Waals surface area contributed by atoms with E-state index in [2.05, 4.69) is 0 Å². The summed E-state index contributed by atoms with van der Waals surface area (Å²) < 4.78 is 2.39. The van der Waals surface area contributed by atoms with E-state index in [0.717, 1.165) is 4.57 Å². The van der Waals surface area contributed by atoms with Gasteiger partial charge >= 0.3 is 5.69 Å². The van der Waals surface area contributed by atoms with Crippen molar-refractivity contribution in [2.45, 2.75) is 6.42 Å². The van der Waals surface area contributed by atoms with E-state index in [9.17, 15) is 9.59 Å². The Bertz CT molecular complexity index is 416. The van der Waals surface area contributed by atoms with Crippen molar-refractivity contribution in [3.8, 4) is 0 Å². The molecule has 5 heteroatoms. The third-order valence-corrected chi connectivity index (χ3v) is 1.99. The minimum atomic E-state index is -0.365. The third-order valence-electron chi connectivity index (χ3n) is 1.99. The first-order valence-electron chi connectivity index (χ1n) is 3.94. The summed E-state index contributed by atoms with van der Waals surface area (Å²) in [5, 5.41) is 8.67. The van der Waals surface area contributed by atoms with Gasteiger partial charge in [-0.25, -0.2) is 4.79 Å². The van der Waals surface area contributed by atoms with E-state index >= 15 is 0 Å². The van der Waals surface area contributed by atoms with Crippen LogP contribution >= 0.6 is 0 Å². The van der Waals surface area contributed by atoms with Crippen molar-refractivity contribution < 1.29 is 5.11 Å². The maximum atomic E-state index is 11.3. The lowest BCUT2D eigenvalue weighted by molar-refractivity contribution is 0.296. The molecule has 1 N–H and O–H groups in total. The molecule has 1 aromatic heterocycles. The van der Waals surface area contributed by atoms with Gasteiger partial charge in [-0.3, -0.25) is 9.36 Å². The summed E-state index contributed by atoms with van der Waals surface area (Å²) in [5.41, 5.74) is -0.155. The van der Waals surface area contributed by atoms with Gasteiger partial charge < -0.3 is 9.67 Å². The topological polar surface area (TPSA) is 64.2 Å². The van der Waals surface area contributed by atoms with Crippen molar-refractivity contribution >= 4 is 0 Å². The fourth-order valence-corrected chi connectivity index (χ4v) is 1.13. The van der Waals surface area contributed by atoms with E-state index < -0.39 is 0 Å². The summed E-state index contributed by atoms with van der Waals surface area (Å²) in [5.74, 6) is 0. The SMILES string of the molecule is Cn1c(CCO)cc(=O)n(C)c1=O. The monoisotopic (exact) mass is 184 g/mol. The Balaban J connectivity index is 3.41. The maximum Gasteiger partial charge on any atom is 0.330 e. The van der Waals surface area contributed by atoms with Crippen LogP contribution in [0.3, 0.4) is 0 Å². The van der Waals surface area contributed by atoms with Crippen molar-refractivity contribution in [2.75, 3.05) is 6.61 Å². The Kier molecular flexibility index (Phi) is 2.67. The molecule has 0 spiro atoms. The van der Waals surface area contributed by atoms with Gasteiger partial charge in [0.25, 0.3) is 5.56 Å². The van der Waals surface area contributed by atoms with Crippen LogP contribution in [-0.4, -0.2) is 20.8 Å². The first-order chi connectivity index (χ1) is 6.07. The number of hydrogen-bond acceptors (Lipinski definition) is 3. The molecule has 0 fully saturated rings. The standard InChI is InChI=1S/C8H12N2O3/c1-9-6(3-4-11)5-7(12)10(2)8(9)13/h5,11H,3-4H2,1-2H3. The summed E-state index contributed by atoms with van der Waals surface area (Å²) in [4.78, 5) is 22.5. The number of nitrogens with zero attached hydrogens (tertiary/aromatic N) is 2. The zero-order chi connectivity index (χ0) is 10.0. The van der Waals surface area contributed by atoms with Crippen molar-refractivity contribution in [1.82, 2.24) is 9.13 Å². The molecule has 0 atom stereocenters. The average Bonchev–Trinajstić information content (AvgIpc) is 2.11. The molecule has 13 heavy (non-hydrogen) atoms.